The SMILES string of the molecule is Cc1ncc(N)cc1C#CCCNC(=O)OCC1c2ccccc2-c2ccccc21. The van der Waals surface area contributed by atoms with Crippen molar-refractivity contribution in [1.29, 1.82) is 0 Å². The summed E-state index contributed by atoms with van der Waals surface area (Å²) in [5, 5.41) is 2.76. The summed E-state index contributed by atoms with van der Waals surface area (Å²) in [6.07, 6.45) is 1.69. The van der Waals surface area contributed by atoms with Crippen molar-refractivity contribution >= 4 is 11.8 Å². The molecular weight excluding hydrogens is 374 g/mol. The van der Waals surface area contributed by atoms with Crippen LogP contribution in [0.5, 0.6) is 0 Å². The molecule has 150 valence electrons. The van der Waals surface area contributed by atoms with Crippen LogP contribution in [-0.4, -0.2) is 24.2 Å². The number of rotatable bonds is 4. The summed E-state index contributed by atoms with van der Waals surface area (Å²) in [5.74, 6) is 6.13. The van der Waals surface area contributed by atoms with Crippen molar-refractivity contribution in [3.8, 4) is 23.0 Å². The number of fused-ring (bicyclic) bond motifs is 3. The summed E-state index contributed by atoms with van der Waals surface area (Å²) < 4.78 is 5.51. The van der Waals surface area contributed by atoms with Gasteiger partial charge < -0.3 is 15.8 Å². The molecule has 30 heavy (non-hydrogen) atoms. The van der Waals surface area contributed by atoms with Crippen LogP contribution in [0.15, 0.2) is 60.8 Å². The van der Waals surface area contributed by atoms with E-state index in [1.54, 1.807) is 12.3 Å². The van der Waals surface area contributed by atoms with Gasteiger partial charge in [-0.2, -0.15) is 0 Å². The molecule has 0 unspecified atom stereocenters. The third-order valence-electron chi connectivity index (χ3n) is 5.19. The second kappa shape index (κ2) is 8.71. The van der Waals surface area contributed by atoms with Gasteiger partial charge in [0, 0.05) is 24.4 Å². The molecule has 1 amide bonds. The van der Waals surface area contributed by atoms with E-state index in [1.807, 2.05) is 31.2 Å². The normalized spacial score (nSPS) is 11.8. The molecule has 2 aromatic carbocycles. The Bertz CT molecular complexity index is 1100. The van der Waals surface area contributed by atoms with E-state index >= 15 is 0 Å². The zero-order valence-corrected chi connectivity index (χ0v) is 16.8. The third kappa shape index (κ3) is 4.13. The Morgan fingerprint density at radius 3 is 2.50 bits per heavy atom. The molecule has 0 spiro atoms. The maximum atomic E-state index is 12.1. The topological polar surface area (TPSA) is 77.2 Å². The molecule has 3 aromatic rings. The van der Waals surface area contributed by atoms with Crippen LogP contribution < -0.4 is 11.1 Å². The molecule has 1 aliphatic rings. The van der Waals surface area contributed by atoms with Gasteiger partial charge in [0.2, 0.25) is 0 Å². The zero-order valence-electron chi connectivity index (χ0n) is 16.8. The minimum Gasteiger partial charge on any atom is -0.449 e. The van der Waals surface area contributed by atoms with E-state index in [0.29, 0.717) is 25.3 Å². The average molecular weight is 397 g/mol. The predicted octanol–water partition coefficient (Wildman–Crippen LogP) is 4.25. The highest BCUT2D eigenvalue weighted by Gasteiger charge is 2.28. The first-order valence-electron chi connectivity index (χ1n) is 9.93. The standard InChI is InChI=1S/C25H23N3O2/c1-17-18(14-19(26)15-28-17)8-6-7-13-27-25(29)30-16-24-22-11-4-2-9-20(22)21-10-3-5-12-23(21)24/h2-5,9-12,14-15,24H,7,13,16,26H2,1H3,(H,27,29). The maximum Gasteiger partial charge on any atom is 0.407 e. The van der Waals surface area contributed by atoms with Crippen LogP contribution >= 0.6 is 0 Å². The first kappa shape index (κ1) is 19.5. The number of nitrogen functional groups attached to an aromatic ring is 1. The van der Waals surface area contributed by atoms with Gasteiger partial charge in [-0.3, -0.25) is 4.98 Å². The molecule has 5 heteroatoms. The number of aromatic nitrogens is 1. The van der Waals surface area contributed by atoms with Crippen LogP contribution in [0, 0.1) is 18.8 Å². The third-order valence-corrected chi connectivity index (χ3v) is 5.19. The number of nitrogens with two attached hydrogens (primary N) is 1. The molecule has 5 nitrogen and oxygen atoms in total. The lowest BCUT2D eigenvalue weighted by atomic mass is 9.98. The number of amides is 1. The van der Waals surface area contributed by atoms with Gasteiger partial charge in [-0.25, -0.2) is 4.79 Å². The van der Waals surface area contributed by atoms with Crippen LogP contribution in [-0.2, 0) is 4.74 Å². The number of hydrogen-bond donors (Lipinski definition) is 2. The molecule has 1 aromatic heterocycles. The van der Waals surface area contributed by atoms with Crippen LogP contribution in [0.2, 0.25) is 0 Å². The van der Waals surface area contributed by atoms with Gasteiger partial charge >= 0.3 is 6.09 Å². The fraction of sp³-hybridized carbons (Fsp3) is 0.200. The summed E-state index contributed by atoms with van der Waals surface area (Å²) in [6, 6.07) is 18.3. The molecule has 0 fully saturated rings. The second-order valence-corrected chi connectivity index (χ2v) is 7.21. The van der Waals surface area contributed by atoms with E-state index in [9.17, 15) is 4.79 Å². The Hall–Kier alpha value is -3.78. The number of hydrogen-bond acceptors (Lipinski definition) is 4. The van der Waals surface area contributed by atoms with Crippen molar-refractivity contribution in [3.05, 3.63) is 83.2 Å². The molecule has 1 heterocycles. The predicted molar refractivity (Wildman–Crippen MR) is 118 cm³/mol. The number of ether oxygens (including phenoxy) is 1. The molecule has 0 aliphatic heterocycles. The van der Waals surface area contributed by atoms with Gasteiger partial charge in [-0.05, 0) is 35.2 Å². The molecule has 0 atom stereocenters. The van der Waals surface area contributed by atoms with Crippen molar-refractivity contribution in [2.45, 2.75) is 19.3 Å². The molecule has 3 N–H and O–H groups in total. The van der Waals surface area contributed by atoms with Crippen molar-refractivity contribution < 1.29 is 9.53 Å². The highest BCUT2D eigenvalue weighted by atomic mass is 16.5. The van der Waals surface area contributed by atoms with Crippen LogP contribution in [0.4, 0.5) is 10.5 Å². The summed E-state index contributed by atoms with van der Waals surface area (Å²) in [5.41, 5.74) is 12.8. The molecule has 0 radical (unpaired) electrons. The molecule has 0 saturated carbocycles. The van der Waals surface area contributed by atoms with Gasteiger partial charge in [-0.1, -0.05) is 60.4 Å². The largest absolute Gasteiger partial charge is 0.449 e. The fourth-order valence-corrected chi connectivity index (χ4v) is 3.71. The van der Waals surface area contributed by atoms with Gasteiger partial charge in [0.15, 0.2) is 0 Å². The minimum atomic E-state index is -0.430. The molecule has 4 rings (SSSR count). The number of aryl methyl sites for hydroxylation is 1. The Morgan fingerprint density at radius 1 is 1.13 bits per heavy atom. The second-order valence-electron chi connectivity index (χ2n) is 7.21. The van der Waals surface area contributed by atoms with Crippen molar-refractivity contribution in [1.82, 2.24) is 10.3 Å². The maximum absolute atomic E-state index is 12.1. The number of nitrogens with one attached hydrogen (secondary N) is 1. The van der Waals surface area contributed by atoms with E-state index in [2.05, 4.69) is 46.4 Å². The number of benzene rings is 2. The smallest absolute Gasteiger partial charge is 0.407 e. The van der Waals surface area contributed by atoms with Crippen LogP contribution in [0.1, 0.15) is 34.7 Å². The van der Waals surface area contributed by atoms with E-state index in [1.165, 1.54) is 22.3 Å². The van der Waals surface area contributed by atoms with E-state index in [-0.39, 0.29) is 5.92 Å². The molecular formula is C25H23N3O2. The fourth-order valence-electron chi connectivity index (χ4n) is 3.71. The van der Waals surface area contributed by atoms with Crippen molar-refractivity contribution in [2.75, 3.05) is 18.9 Å². The van der Waals surface area contributed by atoms with Gasteiger partial charge in [0.25, 0.3) is 0 Å². The molecule has 0 bridgehead atoms. The lowest BCUT2D eigenvalue weighted by Gasteiger charge is -2.14. The number of pyridine rings is 1. The number of anilines is 1. The number of alkyl carbamates (subject to hydrolysis) is 1. The zero-order chi connectivity index (χ0) is 20.9. The lowest BCUT2D eigenvalue weighted by molar-refractivity contribution is 0.143. The Labute approximate surface area is 176 Å². The number of nitrogens with zero attached hydrogens (tertiary/aromatic N) is 1. The number of carbonyl (C=O) groups excluding carboxylic acids is 1. The van der Waals surface area contributed by atoms with Crippen molar-refractivity contribution in [2.24, 2.45) is 0 Å². The van der Waals surface area contributed by atoms with Crippen LogP contribution in [0.3, 0.4) is 0 Å². The summed E-state index contributed by atoms with van der Waals surface area (Å²) in [4.78, 5) is 16.3. The monoisotopic (exact) mass is 397 g/mol. The minimum absolute atomic E-state index is 0.0574. The van der Waals surface area contributed by atoms with Crippen LogP contribution in [0.25, 0.3) is 11.1 Å². The Morgan fingerprint density at radius 2 is 1.80 bits per heavy atom. The molecule has 0 saturated heterocycles. The first-order chi connectivity index (χ1) is 14.6. The van der Waals surface area contributed by atoms with Crippen molar-refractivity contribution in [3.63, 3.8) is 0 Å². The highest BCUT2D eigenvalue weighted by molar-refractivity contribution is 5.79. The van der Waals surface area contributed by atoms with E-state index in [4.69, 9.17) is 10.5 Å². The number of carbonyl (C=O) groups is 1. The average Bonchev–Trinajstić information content (AvgIpc) is 3.08. The van der Waals surface area contributed by atoms with E-state index < -0.39 is 6.09 Å². The summed E-state index contributed by atoms with van der Waals surface area (Å²) >= 11 is 0. The first-order valence-corrected chi connectivity index (χ1v) is 9.93. The Kier molecular flexibility index (Phi) is 5.67. The Balaban J connectivity index is 1.30. The molecule has 1 aliphatic carbocycles. The van der Waals surface area contributed by atoms with Gasteiger partial charge in [-0.15, -0.1) is 0 Å². The summed E-state index contributed by atoms with van der Waals surface area (Å²) in [7, 11) is 0. The van der Waals surface area contributed by atoms with E-state index in [0.717, 1.165) is 11.3 Å². The van der Waals surface area contributed by atoms with Gasteiger partial charge in [0.1, 0.15) is 6.61 Å². The highest BCUT2D eigenvalue weighted by Crippen LogP contribution is 2.44. The lowest BCUT2D eigenvalue weighted by Crippen LogP contribution is -2.26. The quantitative estimate of drug-likeness (QED) is 0.510. The summed E-state index contributed by atoms with van der Waals surface area (Å²) in [6.45, 7) is 2.61. The van der Waals surface area contributed by atoms with Gasteiger partial charge in [0.05, 0.1) is 17.6 Å².